The summed E-state index contributed by atoms with van der Waals surface area (Å²) in [5.74, 6) is 0. The van der Waals surface area contributed by atoms with Gasteiger partial charge in [-0.05, 0) is 26.0 Å². The second-order valence-electron chi connectivity index (χ2n) is 4.17. The molecule has 0 bridgehead atoms. The Kier molecular flexibility index (Phi) is 3.14. The minimum absolute atomic E-state index is 0.0249. The number of aryl methyl sites for hydroxylation is 2. The second kappa shape index (κ2) is 4.50. The first-order valence-corrected chi connectivity index (χ1v) is 6.99. The zero-order valence-corrected chi connectivity index (χ0v) is 11.3. The fraction of sp³-hybridized carbons (Fsp3) is 0.167. The maximum atomic E-state index is 11.7. The number of hydrogen-bond acceptors (Lipinski definition) is 4. The van der Waals surface area contributed by atoms with Crippen LogP contribution >= 0.6 is 0 Å². The summed E-state index contributed by atoms with van der Waals surface area (Å²) in [5.41, 5.74) is 1.87. The molecule has 1 aromatic heterocycles. The van der Waals surface area contributed by atoms with Crippen LogP contribution in [0.15, 0.2) is 29.3 Å². The number of nitriles is 1. The van der Waals surface area contributed by atoms with Crippen molar-refractivity contribution >= 4 is 10.0 Å². The molecule has 2 N–H and O–H groups in total. The van der Waals surface area contributed by atoms with Gasteiger partial charge < -0.3 is 0 Å². The van der Waals surface area contributed by atoms with Gasteiger partial charge in [0.1, 0.15) is 11.6 Å². The Hall–Kier alpha value is -2.17. The molecule has 7 heteroatoms. The van der Waals surface area contributed by atoms with E-state index in [4.69, 9.17) is 10.4 Å². The highest BCUT2D eigenvalue weighted by atomic mass is 32.2. The fourth-order valence-corrected chi connectivity index (χ4v) is 2.62. The van der Waals surface area contributed by atoms with Crippen molar-refractivity contribution in [2.24, 2.45) is 5.14 Å². The first kappa shape index (κ1) is 13.3. The molecule has 2 aromatic rings. The molecule has 98 valence electrons. The van der Waals surface area contributed by atoms with E-state index in [0.29, 0.717) is 11.4 Å². The highest BCUT2D eigenvalue weighted by molar-refractivity contribution is 7.89. The van der Waals surface area contributed by atoms with E-state index in [9.17, 15) is 8.42 Å². The Morgan fingerprint density at radius 3 is 2.32 bits per heavy atom. The molecule has 6 nitrogen and oxygen atoms in total. The summed E-state index contributed by atoms with van der Waals surface area (Å²) < 4.78 is 24.5. The summed E-state index contributed by atoms with van der Waals surface area (Å²) in [6.45, 7) is 3.48. The second-order valence-corrected chi connectivity index (χ2v) is 5.65. The third-order valence-corrected chi connectivity index (χ3v) is 3.59. The largest absolute Gasteiger partial charge is 0.257 e. The molecule has 0 amide bonds. The maximum absolute atomic E-state index is 11.7. The molecule has 1 heterocycles. The molecule has 0 unspecified atom stereocenters. The van der Waals surface area contributed by atoms with Crippen LogP contribution in [0, 0.1) is 25.2 Å². The minimum Gasteiger partial charge on any atom is -0.223 e. The lowest BCUT2D eigenvalue weighted by molar-refractivity contribution is 0.587. The number of nitrogens with zero attached hydrogens (tertiary/aromatic N) is 3. The molecular formula is C12H12N4O2S. The molecule has 0 aliphatic carbocycles. The van der Waals surface area contributed by atoms with E-state index in [1.807, 2.05) is 25.1 Å². The number of nitrogens with two attached hydrogens (primary N) is 1. The van der Waals surface area contributed by atoms with Crippen LogP contribution in [0.3, 0.4) is 0 Å². The van der Waals surface area contributed by atoms with E-state index in [2.05, 4.69) is 5.10 Å². The summed E-state index contributed by atoms with van der Waals surface area (Å²) in [7, 11) is -4.04. The third kappa shape index (κ3) is 2.36. The van der Waals surface area contributed by atoms with Gasteiger partial charge >= 0.3 is 0 Å². The molecule has 2 rings (SSSR count). The Balaban J connectivity index is 2.79. The molecule has 19 heavy (non-hydrogen) atoms. The van der Waals surface area contributed by atoms with E-state index in [0.717, 1.165) is 5.56 Å². The molecule has 0 atom stereocenters. The Morgan fingerprint density at radius 1 is 1.26 bits per heavy atom. The molecule has 0 spiro atoms. The van der Waals surface area contributed by atoms with Crippen LogP contribution < -0.4 is 5.14 Å². The smallest absolute Gasteiger partial charge is 0.223 e. The van der Waals surface area contributed by atoms with Crippen LogP contribution in [-0.4, -0.2) is 18.2 Å². The molecular weight excluding hydrogens is 264 g/mol. The van der Waals surface area contributed by atoms with E-state index in [-0.39, 0.29) is 10.6 Å². The van der Waals surface area contributed by atoms with Crippen molar-refractivity contribution in [1.82, 2.24) is 9.78 Å². The summed E-state index contributed by atoms with van der Waals surface area (Å²) in [4.78, 5) is 0. The van der Waals surface area contributed by atoms with Crippen LogP contribution in [-0.2, 0) is 10.0 Å². The molecule has 0 aliphatic heterocycles. The van der Waals surface area contributed by atoms with Gasteiger partial charge in [-0.15, -0.1) is 0 Å². The van der Waals surface area contributed by atoms with Crippen LogP contribution in [0.1, 0.15) is 16.8 Å². The van der Waals surface area contributed by atoms with Crippen molar-refractivity contribution in [2.45, 2.75) is 18.9 Å². The Morgan fingerprint density at radius 2 is 1.84 bits per heavy atom. The van der Waals surface area contributed by atoms with Crippen molar-refractivity contribution in [2.75, 3.05) is 0 Å². The number of sulfonamides is 1. The molecule has 0 saturated carbocycles. The molecule has 0 radical (unpaired) electrons. The number of benzene rings is 1. The summed E-state index contributed by atoms with van der Waals surface area (Å²) in [5, 5.41) is 18.0. The number of primary sulfonamides is 1. The molecule has 1 aromatic carbocycles. The lowest BCUT2D eigenvalue weighted by Crippen LogP contribution is -2.18. The van der Waals surface area contributed by atoms with Gasteiger partial charge in [0.05, 0.1) is 11.4 Å². The zero-order chi connectivity index (χ0) is 14.2. The van der Waals surface area contributed by atoms with Gasteiger partial charge in [0.2, 0.25) is 0 Å². The maximum Gasteiger partial charge on any atom is 0.257 e. The molecule has 0 fully saturated rings. The first-order chi connectivity index (χ1) is 8.84. The van der Waals surface area contributed by atoms with Crippen molar-refractivity contribution in [3.63, 3.8) is 0 Å². The average Bonchev–Trinajstić information content (AvgIpc) is 2.66. The SMILES string of the molecule is Cc1ccc(-n2nc(C)c(C#N)c2S(N)(=O)=O)cc1. The zero-order valence-electron chi connectivity index (χ0n) is 10.5. The lowest BCUT2D eigenvalue weighted by atomic mass is 10.2. The first-order valence-electron chi connectivity index (χ1n) is 5.44. The lowest BCUT2D eigenvalue weighted by Gasteiger charge is -2.06. The predicted molar refractivity (Wildman–Crippen MR) is 69.1 cm³/mol. The van der Waals surface area contributed by atoms with Crippen molar-refractivity contribution in [3.05, 3.63) is 41.1 Å². The fourth-order valence-electron chi connectivity index (χ4n) is 1.76. The number of rotatable bonds is 2. The third-order valence-electron chi connectivity index (χ3n) is 2.68. The summed E-state index contributed by atoms with van der Waals surface area (Å²) >= 11 is 0. The number of aromatic nitrogens is 2. The average molecular weight is 276 g/mol. The van der Waals surface area contributed by atoms with E-state index in [1.165, 1.54) is 4.68 Å². The van der Waals surface area contributed by atoms with Gasteiger partial charge in [0, 0.05) is 0 Å². The highest BCUT2D eigenvalue weighted by Gasteiger charge is 2.25. The van der Waals surface area contributed by atoms with Gasteiger partial charge in [-0.1, -0.05) is 17.7 Å². The van der Waals surface area contributed by atoms with Gasteiger partial charge in [-0.3, -0.25) is 0 Å². The van der Waals surface area contributed by atoms with Crippen LogP contribution in [0.4, 0.5) is 0 Å². The standard InChI is InChI=1S/C12H12N4O2S/c1-8-3-5-10(6-4-8)16-12(19(14,17)18)11(7-13)9(2)15-16/h3-6H,1-2H3,(H2,14,17,18). The predicted octanol–water partition coefficient (Wildman–Crippen LogP) is 1.01. The summed E-state index contributed by atoms with van der Waals surface area (Å²) in [6, 6.07) is 8.92. The van der Waals surface area contributed by atoms with Crippen LogP contribution in [0.25, 0.3) is 5.69 Å². The van der Waals surface area contributed by atoms with E-state index in [1.54, 1.807) is 19.1 Å². The van der Waals surface area contributed by atoms with Gasteiger partial charge in [0.25, 0.3) is 10.0 Å². The quantitative estimate of drug-likeness (QED) is 0.884. The van der Waals surface area contributed by atoms with Crippen molar-refractivity contribution in [1.29, 1.82) is 5.26 Å². The molecule has 0 saturated heterocycles. The van der Waals surface area contributed by atoms with Gasteiger partial charge in [-0.2, -0.15) is 10.4 Å². The number of hydrogen-bond donors (Lipinski definition) is 1. The molecule has 0 aliphatic rings. The van der Waals surface area contributed by atoms with Crippen molar-refractivity contribution < 1.29 is 8.42 Å². The van der Waals surface area contributed by atoms with E-state index >= 15 is 0 Å². The van der Waals surface area contributed by atoms with Gasteiger partial charge in [0.15, 0.2) is 5.03 Å². The van der Waals surface area contributed by atoms with Crippen LogP contribution in [0.5, 0.6) is 0 Å². The highest BCUT2D eigenvalue weighted by Crippen LogP contribution is 2.21. The van der Waals surface area contributed by atoms with Gasteiger partial charge in [-0.25, -0.2) is 18.2 Å². The monoisotopic (exact) mass is 276 g/mol. The Labute approximate surface area is 111 Å². The Bertz CT molecular complexity index is 767. The minimum atomic E-state index is -4.04. The normalized spacial score (nSPS) is 11.3. The topological polar surface area (TPSA) is 102 Å². The summed E-state index contributed by atoms with van der Waals surface area (Å²) in [6.07, 6.45) is 0. The van der Waals surface area contributed by atoms with E-state index < -0.39 is 10.0 Å². The van der Waals surface area contributed by atoms with Crippen LogP contribution in [0.2, 0.25) is 0 Å². The van der Waals surface area contributed by atoms with Crippen molar-refractivity contribution in [3.8, 4) is 11.8 Å².